The van der Waals surface area contributed by atoms with Crippen LogP contribution in [0.2, 0.25) is 5.02 Å². The lowest BCUT2D eigenvalue weighted by atomic mass is 10.1. The van der Waals surface area contributed by atoms with Gasteiger partial charge in [-0.15, -0.1) is 0 Å². The number of alkyl halides is 3. The summed E-state index contributed by atoms with van der Waals surface area (Å²) in [5.41, 5.74) is -1.09. The van der Waals surface area contributed by atoms with Crippen molar-refractivity contribution in [1.29, 1.82) is 0 Å². The van der Waals surface area contributed by atoms with E-state index in [9.17, 15) is 22.8 Å². The SMILES string of the molecule is O=C(Nc1cccc(C(=O)Cl)c1Cl)c1cccc(C(F)(F)F)c1. The van der Waals surface area contributed by atoms with Crippen LogP contribution in [0.5, 0.6) is 0 Å². The number of hydrogen-bond acceptors (Lipinski definition) is 2. The number of carbonyl (C=O) groups is 2. The first-order chi connectivity index (χ1) is 10.7. The Kier molecular flexibility index (Phi) is 4.97. The lowest BCUT2D eigenvalue weighted by Gasteiger charge is -2.11. The van der Waals surface area contributed by atoms with Gasteiger partial charge in [-0.05, 0) is 41.9 Å². The van der Waals surface area contributed by atoms with Crippen LogP contribution in [0.3, 0.4) is 0 Å². The molecule has 23 heavy (non-hydrogen) atoms. The number of anilines is 1. The summed E-state index contributed by atoms with van der Waals surface area (Å²) in [6, 6.07) is 8.13. The molecule has 0 bridgehead atoms. The summed E-state index contributed by atoms with van der Waals surface area (Å²) in [6.07, 6.45) is -4.56. The summed E-state index contributed by atoms with van der Waals surface area (Å²) >= 11 is 11.3. The molecule has 0 unspecified atom stereocenters. The molecule has 120 valence electrons. The molecule has 0 saturated carbocycles. The molecule has 8 heteroatoms. The molecule has 0 radical (unpaired) electrons. The molecule has 2 aromatic rings. The zero-order valence-corrected chi connectivity index (χ0v) is 12.8. The van der Waals surface area contributed by atoms with E-state index in [0.717, 1.165) is 18.2 Å². The second-order valence-electron chi connectivity index (χ2n) is 4.47. The van der Waals surface area contributed by atoms with Crippen LogP contribution in [-0.4, -0.2) is 11.1 Å². The summed E-state index contributed by atoms with van der Waals surface area (Å²) in [5.74, 6) is -0.794. The van der Waals surface area contributed by atoms with Crippen LogP contribution < -0.4 is 5.32 Å². The molecule has 0 aromatic heterocycles. The fraction of sp³-hybridized carbons (Fsp3) is 0.0667. The minimum atomic E-state index is -4.56. The van der Waals surface area contributed by atoms with Gasteiger partial charge in [0.2, 0.25) is 0 Å². The maximum Gasteiger partial charge on any atom is 0.416 e. The Bertz CT molecular complexity index is 776. The first kappa shape index (κ1) is 17.3. The molecule has 0 aliphatic rings. The molecule has 1 N–H and O–H groups in total. The fourth-order valence-corrected chi connectivity index (χ4v) is 2.28. The summed E-state index contributed by atoms with van der Waals surface area (Å²) in [4.78, 5) is 23.2. The van der Waals surface area contributed by atoms with Crippen LogP contribution in [0.25, 0.3) is 0 Å². The molecule has 0 spiro atoms. The van der Waals surface area contributed by atoms with Gasteiger partial charge in [-0.1, -0.05) is 23.7 Å². The smallest absolute Gasteiger partial charge is 0.321 e. The van der Waals surface area contributed by atoms with E-state index in [1.54, 1.807) is 0 Å². The van der Waals surface area contributed by atoms with Crippen LogP contribution in [0, 0.1) is 0 Å². The minimum absolute atomic E-state index is 0.0184. The zero-order valence-electron chi connectivity index (χ0n) is 11.2. The quantitative estimate of drug-likeness (QED) is 0.782. The van der Waals surface area contributed by atoms with Crippen LogP contribution >= 0.6 is 23.2 Å². The van der Waals surface area contributed by atoms with Gasteiger partial charge < -0.3 is 5.32 Å². The van der Waals surface area contributed by atoms with Crippen molar-refractivity contribution in [2.24, 2.45) is 0 Å². The van der Waals surface area contributed by atoms with Crippen molar-refractivity contribution in [2.45, 2.75) is 6.18 Å². The third kappa shape index (κ3) is 4.03. The molecule has 0 fully saturated rings. The number of nitrogens with one attached hydrogen (secondary N) is 1. The van der Waals surface area contributed by atoms with Crippen LogP contribution in [0.15, 0.2) is 42.5 Å². The highest BCUT2D eigenvalue weighted by Crippen LogP contribution is 2.30. The average molecular weight is 362 g/mol. The third-order valence-corrected chi connectivity index (χ3v) is 3.52. The van der Waals surface area contributed by atoms with Gasteiger partial charge in [0.1, 0.15) is 0 Å². The first-order valence-electron chi connectivity index (χ1n) is 6.17. The van der Waals surface area contributed by atoms with Gasteiger partial charge >= 0.3 is 6.18 Å². The molecular weight excluding hydrogens is 354 g/mol. The van der Waals surface area contributed by atoms with E-state index in [1.165, 1.54) is 24.3 Å². The molecule has 2 rings (SSSR count). The number of halogens is 5. The first-order valence-corrected chi connectivity index (χ1v) is 6.92. The molecule has 0 aliphatic heterocycles. The molecule has 0 saturated heterocycles. The fourth-order valence-electron chi connectivity index (χ4n) is 1.81. The van der Waals surface area contributed by atoms with Gasteiger partial charge in [0.25, 0.3) is 11.1 Å². The number of rotatable bonds is 3. The normalized spacial score (nSPS) is 11.2. The van der Waals surface area contributed by atoms with E-state index >= 15 is 0 Å². The average Bonchev–Trinajstić information content (AvgIpc) is 2.48. The summed E-state index contributed by atoms with van der Waals surface area (Å²) in [6.45, 7) is 0. The molecule has 2 aromatic carbocycles. The Morgan fingerprint density at radius 2 is 1.70 bits per heavy atom. The van der Waals surface area contributed by atoms with E-state index in [1.807, 2.05) is 0 Å². The molecule has 0 aliphatic carbocycles. The number of benzene rings is 2. The van der Waals surface area contributed by atoms with E-state index in [-0.39, 0.29) is 21.8 Å². The highest BCUT2D eigenvalue weighted by Gasteiger charge is 2.31. The molecule has 3 nitrogen and oxygen atoms in total. The second-order valence-corrected chi connectivity index (χ2v) is 5.19. The Morgan fingerprint density at radius 1 is 1.04 bits per heavy atom. The van der Waals surface area contributed by atoms with Gasteiger partial charge in [-0.25, -0.2) is 0 Å². The van der Waals surface area contributed by atoms with E-state index in [4.69, 9.17) is 23.2 Å². The predicted molar refractivity (Wildman–Crippen MR) is 81.0 cm³/mol. The number of amides is 1. The Balaban J connectivity index is 2.30. The van der Waals surface area contributed by atoms with Crippen molar-refractivity contribution in [3.8, 4) is 0 Å². The van der Waals surface area contributed by atoms with Crippen molar-refractivity contribution in [3.63, 3.8) is 0 Å². The van der Waals surface area contributed by atoms with Crippen molar-refractivity contribution >= 4 is 40.0 Å². The summed E-state index contributed by atoms with van der Waals surface area (Å²) < 4.78 is 38.0. The maximum absolute atomic E-state index is 12.7. The summed E-state index contributed by atoms with van der Waals surface area (Å²) in [5, 5.41) is 1.45. The van der Waals surface area contributed by atoms with Gasteiger partial charge in [-0.2, -0.15) is 13.2 Å². The lowest BCUT2D eigenvalue weighted by Crippen LogP contribution is -2.14. The third-order valence-electron chi connectivity index (χ3n) is 2.91. The van der Waals surface area contributed by atoms with Crippen molar-refractivity contribution in [2.75, 3.05) is 5.32 Å². The van der Waals surface area contributed by atoms with Gasteiger partial charge in [0, 0.05) is 5.56 Å². The number of carbonyl (C=O) groups excluding carboxylic acids is 2. The van der Waals surface area contributed by atoms with Crippen molar-refractivity contribution in [3.05, 3.63) is 64.2 Å². The largest absolute Gasteiger partial charge is 0.416 e. The van der Waals surface area contributed by atoms with Gasteiger partial charge in [-0.3, -0.25) is 9.59 Å². The predicted octanol–water partition coefficient (Wildman–Crippen LogP) is 4.99. The van der Waals surface area contributed by atoms with Crippen LogP contribution in [0.4, 0.5) is 18.9 Å². The maximum atomic E-state index is 12.7. The highest BCUT2D eigenvalue weighted by atomic mass is 35.5. The van der Waals surface area contributed by atoms with Gasteiger partial charge in [0.15, 0.2) is 0 Å². The van der Waals surface area contributed by atoms with E-state index in [2.05, 4.69) is 5.32 Å². The minimum Gasteiger partial charge on any atom is -0.321 e. The summed E-state index contributed by atoms with van der Waals surface area (Å²) in [7, 11) is 0. The molecular formula is C15H8Cl2F3NO2. The van der Waals surface area contributed by atoms with Crippen LogP contribution in [-0.2, 0) is 6.18 Å². The number of hydrogen-bond donors (Lipinski definition) is 1. The Labute approximate surface area is 139 Å². The van der Waals surface area contributed by atoms with Crippen LogP contribution in [0.1, 0.15) is 26.3 Å². The molecule has 0 atom stereocenters. The second kappa shape index (κ2) is 6.60. The zero-order chi connectivity index (χ0) is 17.2. The molecule has 1 amide bonds. The Morgan fingerprint density at radius 3 is 2.30 bits per heavy atom. The molecule has 0 heterocycles. The highest BCUT2D eigenvalue weighted by molar-refractivity contribution is 6.69. The lowest BCUT2D eigenvalue weighted by molar-refractivity contribution is -0.137. The van der Waals surface area contributed by atoms with Crippen molar-refractivity contribution < 1.29 is 22.8 Å². The Hall–Kier alpha value is -2.05. The standard InChI is InChI=1S/C15H8Cl2F3NO2/c16-12-10(13(17)22)5-2-6-11(12)21-14(23)8-3-1-4-9(7-8)15(18,19)20/h1-7H,(H,21,23). The van der Waals surface area contributed by atoms with Gasteiger partial charge in [0.05, 0.1) is 21.8 Å². The van der Waals surface area contributed by atoms with E-state index < -0.39 is 22.9 Å². The monoisotopic (exact) mass is 361 g/mol. The van der Waals surface area contributed by atoms with E-state index in [0.29, 0.717) is 0 Å². The topological polar surface area (TPSA) is 46.2 Å². The van der Waals surface area contributed by atoms with Crippen molar-refractivity contribution in [1.82, 2.24) is 0 Å².